The Hall–Kier alpha value is -2.04. The van der Waals surface area contributed by atoms with Gasteiger partial charge in [0.15, 0.2) is 5.69 Å². The summed E-state index contributed by atoms with van der Waals surface area (Å²) in [5.74, 6) is 0.323. The average Bonchev–Trinajstić information content (AvgIpc) is 3.09. The zero-order chi connectivity index (χ0) is 12.0. The van der Waals surface area contributed by atoms with Gasteiger partial charge in [0, 0.05) is 19.2 Å². The van der Waals surface area contributed by atoms with Crippen LogP contribution in [0.3, 0.4) is 0 Å². The summed E-state index contributed by atoms with van der Waals surface area (Å²) in [5.41, 5.74) is 1.77. The Morgan fingerprint density at radius 2 is 2.29 bits per heavy atom. The molecule has 2 N–H and O–H groups in total. The van der Waals surface area contributed by atoms with E-state index in [0.717, 1.165) is 24.4 Å². The number of fused-ring (bicyclic) bond motifs is 1. The average molecular weight is 231 g/mol. The van der Waals surface area contributed by atoms with Crippen LogP contribution in [0, 0.1) is 0 Å². The van der Waals surface area contributed by atoms with Gasteiger partial charge in [-0.2, -0.15) is 0 Å². The first kappa shape index (κ1) is 10.1. The van der Waals surface area contributed by atoms with E-state index in [1.54, 1.807) is 6.07 Å². The van der Waals surface area contributed by atoms with Crippen LogP contribution in [-0.2, 0) is 0 Å². The Bertz CT molecular complexity index is 599. The molecule has 0 unspecified atom stereocenters. The Kier molecular flexibility index (Phi) is 2.07. The molecule has 1 aliphatic carbocycles. The summed E-state index contributed by atoms with van der Waals surface area (Å²) < 4.78 is 1.90. The fourth-order valence-corrected chi connectivity index (χ4v) is 2.04. The van der Waals surface area contributed by atoms with Crippen LogP contribution in [0.25, 0.3) is 5.52 Å². The first-order valence-corrected chi connectivity index (χ1v) is 5.63. The highest BCUT2D eigenvalue weighted by molar-refractivity contribution is 5.94. The van der Waals surface area contributed by atoms with Crippen molar-refractivity contribution in [3.05, 3.63) is 29.8 Å². The first-order chi connectivity index (χ1) is 8.20. The zero-order valence-corrected chi connectivity index (χ0v) is 9.47. The lowest BCUT2D eigenvalue weighted by molar-refractivity contribution is 0.0693. The van der Waals surface area contributed by atoms with Crippen LogP contribution in [-0.4, -0.2) is 27.5 Å². The minimum atomic E-state index is -0.966. The smallest absolute Gasteiger partial charge is 0.356 e. The lowest BCUT2D eigenvalue weighted by atomic mass is 10.3. The molecule has 0 spiro atoms. The molecule has 0 bridgehead atoms. The van der Waals surface area contributed by atoms with Crippen LogP contribution in [0.4, 0.5) is 5.69 Å². The van der Waals surface area contributed by atoms with Crippen LogP contribution in [0.15, 0.2) is 18.3 Å². The van der Waals surface area contributed by atoms with Crippen LogP contribution >= 0.6 is 0 Å². The van der Waals surface area contributed by atoms with E-state index in [2.05, 4.69) is 10.3 Å². The molecule has 0 radical (unpaired) electrons. The molecule has 2 heterocycles. The largest absolute Gasteiger partial charge is 0.476 e. The zero-order valence-electron chi connectivity index (χ0n) is 9.47. The maximum absolute atomic E-state index is 11.1. The Labute approximate surface area is 98.1 Å². The van der Waals surface area contributed by atoms with Crippen molar-refractivity contribution in [3.63, 3.8) is 0 Å². The monoisotopic (exact) mass is 231 g/mol. The van der Waals surface area contributed by atoms with Crippen molar-refractivity contribution in [1.29, 1.82) is 0 Å². The van der Waals surface area contributed by atoms with Gasteiger partial charge in [-0.3, -0.25) is 0 Å². The van der Waals surface area contributed by atoms with Crippen molar-refractivity contribution in [1.82, 2.24) is 9.38 Å². The van der Waals surface area contributed by atoms with Crippen molar-refractivity contribution in [2.45, 2.75) is 18.8 Å². The Morgan fingerprint density at radius 3 is 2.88 bits per heavy atom. The molecule has 2 aromatic rings. The van der Waals surface area contributed by atoms with Gasteiger partial charge in [0.2, 0.25) is 0 Å². The SMILES string of the molecule is CNc1ccc2c(C(=O)O)nc(C3CC3)n2c1. The van der Waals surface area contributed by atoms with E-state index in [4.69, 9.17) is 5.11 Å². The van der Waals surface area contributed by atoms with Crippen LogP contribution in [0.1, 0.15) is 35.1 Å². The molecule has 0 aliphatic heterocycles. The van der Waals surface area contributed by atoms with Gasteiger partial charge < -0.3 is 14.8 Å². The molecule has 3 rings (SSSR count). The van der Waals surface area contributed by atoms with Crippen molar-refractivity contribution in [2.24, 2.45) is 0 Å². The number of anilines is 1. The van der Waals surface area contributed by atoms with E-state index in [-0.39, 0.29) is 5.69 Å². The van der Waals surface area contributed by atoms with Gasteiger partial charge in [-0.1, -0.05) is 0 Å². The molecule has 5 nitrogen and oxygen atoms in total. The molecule has 1 saturated carbocycles. The third-order valence-corrected chi connectivity index (χ3v) is 3.10. The molecule has 0 aromatic carbocycles. The van der Waals surface area contributed by atoms with Crippen LogP contribution in [0.5, 0.6) is 0 Å². The highest BCUT2D eigenvalue weighted by Crippen LogP contribution is 2.40. The summed E-state index contributed by atoms with van der Waals surface area (Å²) in [5, 5.41) is 12.2. The van der Waals surface area contributed by atoms with Gasteiger partial charge in [-0.15, -0.1) is 0 Å². The number of hydrogen-bond acceptors (Lipinski definition) is 3. The summed E-state index contributed by atoms with van der Waals surface area (Å²) in [7, 11) is 1.84. The normalized spacial score (nSPS) is 15.1. The maximum atomic E-state index is 11.1. The minimum absolute atomic E-state index is 0.148. The number of pyridine rings is 1. The molecule has 0 saturated heterocycles. The molecule has 1 aliphatic rings. The quantitative estimate of drug-likeness (QED) is 0.847. The lowest BCUT2D eigenvalue weighted by Gasteiger charge is -2.03. The van der Waals surface area contributed by atoms with Gasteiger partial charge in [0.1, 0.15) is 5.82 Å². The summed E-state index contributed by atoms with van der Waals surface area (Å²) in [6.07, 6.45) is 4.10. The number of carboxylic acids is 1. The number of nitrogens with one attached hydrogen (secondary N) is 1. The molecule has 17 heavy (non-hydrogen) atoms. The van der Waals surface area contributed by atoms with E-state index in [9.17, 15) is 4.79 Å². The van der Waals surface area contributed by atoms with Gasteiger partial charge >= 0.3 is 5.97 Å². The number of rotatable bonds is 3. The van der Waals surface area contributed by atoms with Crippen molar-refractivity contribution in [3.8, 4) is 0 Å². The number of aromatic carboxylic acids is 1. The predicted molar refractivity (Wildman–Crippen MR) is 63.7 cm³/mol. The van der Waals surface area contributed by atoms with Crippen molar-refractivity contribution < 1.29 is 9.90 Å². The second-order valence-corrected chi connectivity index (χ2v) is 4.32. The molecular formula is C12H13N3O2. The number of nitrogens with zero attached hydrogens (tertiary/aromatic N) is 2. The number of aromatic nitrogens is 2. The summed E-state index contributed by atoms with van der Waals surface area (Å²) in [4.78, 5) is 15.4. The van der Waals surface area contributed by atoms with E-state index in [0.29, 0.717) is 11.4 Å². The van der Waals surface area contributed by atoms with E-state index in [1.165, 1.54) is 0 Å². The summed E-state index contributed by atoms with van der Waals surface area (Å²) in [6.45, 7) is 0. The van der Waals surface area contributed by atoms with Crippen LogP contribution < -0.4 is 5.32 Å². The standard InChI is InChI=1S/C12H13N3O2/c1-13-8-4-5-9-10(12(16)17)14-11(7-2-3-7)15(9)6-8/h4-7,13H,2-3H2,1H3,(H,16,17). The fraction of sp³-hybridized carbons (Fsp3) is 0.333. The van der Waals surface area contributed by atoms with Gasteiger partial charge in [0.05, 0.1) is 11.2 Å². The highest BCUT2D eigenvalue weighted by atomic mass is 16.4. The molecule has 1 fully saturated rings. The number of carboxylic acid groups (broad SMARTS) is 1. The lowest BCUT2D eigenvalue weighted by Crippen LogP contribution is -1.97. The molecular weight excluding hydrogens is 218 g/mol. The second kappa shape index (κ2) is 3.48. The number of carbonyl (C=O) groups is 1. The van der Waals surface area contributed by atoms with E-state index < -0.39 is 5.97 Å². The Balaban J connectivity index is 2.27. The minimum Gasteiger partial charge on any atom is -0.476 e. The number of imidazole rings is 1. The molecule has 0 atom stereocenters. The molecule has 5 heteroatoms. The van der Waals surface area contributed by atoms with Gasteiger partial charge in [0.25, 0.3) is 0 Å². The molecule has 0 amide bonds. The third kappa shape index (κ3) is 1.54. The van der Waals surface area contributed by atoms with Crippen molar-refractivity contribution in [2.75, 3.05) is 12.4 Å². The maximum Gasteiger partial charge on any atom is 0.356 e. The molecule has 88 valence electrons. The fourth-order valence-electron chi connectivity index (χ4n) is 2.04. The van der Waals surface area contributed by atoms with Crippen LogP contribution in [0.2, 0.25) is 0 Å². The summed E-state index contributed by atoms with van der Waals surface area (Å²) in [6, 6.07) is 3.66. The third-order valence-electron chi connectivity index (χ3n) is 3.10. The summed E-state index contributed by atoms with van der Waals surface area (Å²) >= 11 is 0. The van der Waals surface area contributed by atoms with Gasteiger partial charge in [-0.05, 0) is 25.0 Å². The predicted octanol–water partition coefficient (Wildman–Crippen LogP) is 1.95. The van der Waals surface area contributed by atoms with Gasteiger partial charge in [-0.25, -0.2) is 9.78 Å². The van der Waals surface area contributed by atoms with E-state index >= 15 is 0 Å². The Morgan fingerprint density at radius 1 is 1.53 bits per heavy atom. The van der Waals surface area contributed by atoms with E-state index in [1.807, 2.05) is 23.7 Å². The first-order valence-electron chi connectivity index (χ1n) is 5.63. The topological polar surface area (TPSA) is 66.6 Å². The highest BCUT2D eigenvalue weighted by Gasteiger charge is 2.30. The second-order valence-electron chi connectivity index (χ2n) is 4.32. The van der Waals surface area contributed by atoms with Crippen molar-refractivity contribution >= 4 is 17.2 Å². The number of hydrogen-bond donors (Lipinski definition) is 2. The molecule has 2 aromatic heterocycles.